The highest BCUT2D eigenvalue weighted by molar-refractivity contribution is 7.09. The zero-order valence-corrected chi connectivity index (χ0v) is 10.6. The van der Waals surface area contributed by atoms with Gasteiger partial charge in [-0.05, 0) is 19.1 Å². The molecule has 0 aliphatic carbocycles. The van der Waals surface area contributed by atoms with Gasteiger partial charge in [-0.15, -0.1) is 11.3 Å². The predicted molar refractivity (Wildman–Crippen MR) is 72.0 cm³/mol. The molecule has 0 atom stereocenters. The van der Waals surface area contributed by atoms with Crippen molar-refractivity contribution in [3.05, 3.63) is 39.8 Å². The first-order valence-electron chi connectivity index (χ1n) is 5.34. The minimum atomic E-state index is -1.000. The molecule has 0 aliphatic heterocycles. The van der Waals surface area contributed by atoms with Crippen LogP contribution in [0, 0.1) is 6.92 Å². The van der Waals surface area contributed by atoms with Gasteiger partial charge < -0.3 is 16.2 Å². The van der Waals surface area contributed by atoms with Gasteiger partial charge in [0.05, 0.1) is 23.5 Å². The van der Waals surface area contributed by atoms with Crippen LogP contribution in [0.1, 0.15) is 21.1 Å². The topological polar surface area (TPSA) is 88.2 Å². The van der Waals surface area contributed by atoms with E-state index < -0.39 is 5.97 Å². The Kier molecular flexibility index (Phi) is 3.47. The minimum Gasteiger partial charge on any atom is -0.478 e. The second-order valence-electron chi connectivity index (χ2n) is 3.81. The van der Waals surface area contributed by atoms with E-state index in [-0.39, 0.29) is 5.56 Å². The Labute approximate surface area is 108 Å². The number of rotatable bonds is 4. The number of nitrogens with two attached hydrogens (primary N) is 1. The van der Waals surface area contributed by atoms with E-state index in [9.17, 15) is 4.79 Å². The summed E-state index contributed by atoms with van der Waals surface area (Å²) in [6.07, 6.45) is 0. The van der Waals surface area contributed by atoms with Gasteiger partial charge in [-0.1, -0.05) is 6.07 Å². The number of thiazole rings is 1. The van der Waals surface area contributed by atoms with Crippen LogP contribution in [0.3, 0.4) is 0 Å². The number of carboxylic acids is 1. The lowest BCUT2D eigenvalue weighted by molar-refractivity contribution is 0.0698. The van der Waals surface area contributed by atoms with Crippen LogP contribution < -0.4 is 11.1 Å². The Hall–Kier alpha value is -2.08. The van der Waals surface area contributed by atoms with Crippen LogP contribution in [0.5, 0.6) is 0 Å². The Morgan fingerprint density at radius 2 is 2.33 bits per heavy atom. The number of aromatic carboxylic acids is 1. The van der Waals surface area contributed by atoms with Crippen molar-refractivity contribution < 1.29 is 9.90 Å². The average Bonchev–Trinajstić information content (AvgIpc) is 2.73. The highest BCUT2D eigenvalue weighted by Crippen LogP contribution is 2.24. The van der Waals surface area contributed by atoms with Crippen molar-refractivity contribution in [2.45, 2.75) is 13.5 Å². The Balaban J connectivity index is 2.20. The van der Waals surface area contributed by atoms with Crippen LogP contribution in [0.25, 0.3) is 0 Å². The molecule has 0 radical (unpaired) electrons. The van der Waals surface area contributed by atoms with Gasteiger partial charge in [0.25, 0.3) is 0 Å². The average molecular weight is 263 g/mol. The summed E-state index contributed by atoms with van der Waals surface area (Å²) in [6, 6.07) is 4.81. The Morgan fingerprint density at radius 1 is 1.56 bits per heavy atom. The maximum absolute atomic E-state index is 11.1. The maximum atomic E-state index is 11.1. The third-order valence-electron chi connectivity index (χ3n) is 2.41. The Bertz CT molecular complexity index is 580. The summed E-state index contributed by atoms with van der Waals surface area (Å²) in [7, 11) is 0. The van der Waals surface area contributed by atoms with Crippen molar-refractivity contribution in [1.82, 2.24) is 4.98 Å². The first kappa shape index (κ1) is 12.4. The molecule has 2 rings (SSSR count). The molecule has 5 nitrogen and oxygen atoms in total. The third kappa shape index (κ3) is 2.60. The fourth-order valence-corrected chi connectivity index (χ4v) is 2.31. The summed E-state index contributed by atoms with van der Waals surface area (Å²) in [4.78, 5) is 15.4. The quantitative estimate of drug-likeness (QED) is 0.737. The molecule has 1 heterocycles. The second kappa shape index (κ2) is 5.05. The van der Waals surface area contributed by atoms with Crippen molar-refractivity contribution in [1.29, 1.82) is 0 Å². The molecule has 1 aromatic heterocycles. The summed E-state index contributed by atoms with van der Waals surface area (Å²) >= 11 is 1.53. The molecule has 0 aliphatic rings. The molecule has 0 amide bonds. The largest absolute Gasteiger partial charge is 0.478 e. The molecule has 0 fully saturated rings. The normalized spacial score (nSPS) is 10.3. The van der Waals surface area contributed by atoms with E-state index in [1.807, 2.05) is 12.3 Å². The van der Waals surface area contributed by atoms with Crippen molar-refractivity contribution in [2.24, 2.45) is 0 Å². The van der Waals surface area contributed by atoms with Crippen LogP contribution in [0.15, 0.2) is 23.6 Å². The summed E-state index contributed by atoms with van der Waals surface area (Å²) < 4.78 is 0. The molecule has 1 aromatic carbocycles. The number of hydrogen-bond acceptors (Lipinski definition) is 5. The molecule has 0 unspecified atom stereocenters. The number of nitrogens with zero attached hydrogens (tertiary/aromatic N) is 1. The SMILES string of the molecule is Cc1csc(CNc2c(N)cccc2C(=O)O)n1. The lowest BCUT2D eigenvalue weighted by Gasteiger charge is -2.10. The number of anilines is 2. The number of carboxylic acid groups (broad SMARTS) is 1. The van der Waals surface area contributed by atoms with Gasteiger partial charge in [0.2, 0.25) is 0 Å². The van der Waals surface area contributed by atoms with Crippen LogP contribution in [-0.2, 0) is 6.54 Å². The van der Waals surface area contributed by atoms with E-state index in [2.05, 4.69) is 10.3 Å². The number of aryl methyl sites for hydroxylation is 1. The van der Waals surface area contributed by atoms with E-state index in [0.717, 1.165) is 10.7 Å². The summed E-state index contributed by atoms with van der Waals surface area (Å²) in [5.74, 6) is -1.000. The standard InChI is InChI=1S/C12H13N3O2S/c1-7-6-18-10(15-7)5-14-11-8(12(16)17)3-2-4-9(11)13/h2-4,6,14H,5,13H2,1H3,(H,16,17). The molecule has 0 saturated heterocycles. The van der Waals surface area contributed by atoms with Gasteiger partial charge >= 0.3 is 5.97 Å². The zero-order valence-electron chi connectivity index (χ0n) is 9.80. The van der Waals surface area contributed by atoms with Crippen LogP contribution >= 0.6 is 11.3 Å². The first-order chi connectivity index (χ1) is 8.58. The minimum absolute atomic E-state index is 0.170. The van der Waals surface area contributed by atoms with Gasteiger partial charge in [0.1, 0.15) is 5.01 Å². The van der Waals surface area contributed by atoms with Crippen molar-refractivity contribution >= 4 is 28.7 Å². The molecule has 4 N–H and O–H groups in total. The first-order valence-corrected chi connectivity index (χ1v) is 6.22. The Morgan fingerprint density at radius 3 is 2.94 bits per heavy atom. The molecule has 0 spiro atoms. The van der Waals surface area contributed by atoms with Gasteiger partial charge in [-0.3, -0.25) is 0 Å². The number of benzene rings is 1. The zero-order chi connectivity index (χ0) is 13.1. The molecular formula is C12H13N3O2S. The fraction of sp³-hybridized carbons (Fsp3) is 0.167. The molecule has 18 heavy (non-hydrogen) atoms. The van der Waals surface area contributed by atoms with Crippen molar-refractivity contribution in [3.63, 3.8) is 0 Å². The molecule has 0 saturated carbocycles. The van der Waals surface area contributed by atoms with Crippen LogP contribution in [0.2, 0.25) is 0 Å². The summed E-state index contributed by atoms with van der Waals surface area (Å²) in [5, 5.41) is 15.0. The van der Waals surface area contributed by atoms with E-state index in [4.69, 9.17) is 10.8 Å². The molecule has 0 bridgehead atoms. The van der Waals surface area contributed by atoms with Crippen LogP contribution in [-0.4, -0.2) is 16.1 Å². The lowest BCUT2D eigenvalue weighted by atomic mass is 10.1. The molecule has 6 heteroatoms. The predicted octanol–water partition coefficient (Wildman–Crippen LogP) is 2.34. The number of para-hydroxylation sites is 1. The highest BCUT2D eigenvalue weighted by atomic mass is 32.1. The number of nitrogen functional groups attached to an aromatic ring is 1. The van der Waals surface area contributed by atoms with Gasteiger partial charge in [0.15, 0.2) is 0 Å². The van der Waals surface area contributed by atoms with E-state index >= 15 is 0 Å². The monoisotopic (exact) mass is 263 g/mol. The van der Waals surface area contributed by atoms with Crippen molar-refractivity contribution in [2.75, 3.05) is 11.1 Å². The van der Waals surface area contributed by atoms with E-state index in [1.54, 1.807) is 12.1 Å². The van der Waals surface area contributed by atoms with E-state index in [0.29, 0.717) is 17.9 Å². The molecular weight excluding hydrogens is 250 g/mol. The second-order valence-corrected chi connectivity index (χ2v) is 4.75. The molecule has 2 aromatic rings. The number of aromatic nitrogens is 1. The number of nitrogens with one attached hydrogen (secondary N) is 1. The van der Waals surface area contributed by atoms with Gasteiger partial charge in [0, 0.05) is 11.1 Å². The number of hydrogen-bond donors (Lipinski definition) is 3. The summed E-state index contributed by atoms with van der Waals surface area (Å²) in [5.41, 5.74) is 7.77. The summed E-state index contributed by atoms with van der Waals surface area (Å²) in [6.45, 7) is 2.38. The lowest BCUT2D eigenvalue weighted by Crippen LogP contribution is -2.08. The van der Waals surface area contributed by atoms with Gasteiger partial charge in [-0.2, -0.15) is 0 Å². The third-order valence-corrected chi connectivity index (χ3v) is 3.38. The van der Waals surface area contributed by atoms with Crippen LogP contribution in [0.4, 0.5) is 11.4 Å². The van der Waals surface area contributed by atoms with Crippen molar-refractivity contribution in [3.8, 4) is 0 Å². The molecule has 94 valence electrons. The highest BCUT2D eigenvalue weighted by Gasteiger charge is 2.12. The van der Waals surface area contributed by atoms with E-state index in [1.165, 1.54) is 17.4 Å². The fourth-order valence-electron chi connectivity index (χ4n) is 1.59. The smallest absolute Gasteiger partial charge is 0.337 e. The van der Waals surface area contributed by atoms with Gasteiger partial charge in [-0.25, -0.2) is 9.78 Å². The maximum Gasteiger partial charge on any atom is 0.337 e. The number of carbonyl (C=O) groups is 1.